The summed E-state index contributed by atoms with van der Waals surface area (Å²) in [6, 6.07) is 20.6. The summed E-state index contributed by atoms with van der Waals surface area (Å²) in [5.41, 5.74) is 6.24. The first-order valence-electron chi connectivity index (χ1n) is 12.1. The van der Waals surface area contributed by atoms with Crippen LogP contribution in [0.5, 0.6) is 17.2 Å². The molecule has 0 radical (unpaired) electrons. The third kappa shape index (κ3) is 4.82. The molecule has 178 valence electrons. The van der Waals surface area contributed by atoms with E-state index >= 15 is 0 Å². The number of benzene rings is 3. The van der Waals surface area contributed by atoms with Crippen LogP contribution in [0, 0.1) is 6.92 Å². The first kappa shape index (κ1) is 23.9. The van der Waals surface area contributed by atoms with Crippen LogP contribution >= 0.6 is 0 Å². The Bertz CT molecular complexity index is 1180. The number of rotatable bonds is 6. The maximum Gasteiger partial charge on any atom is 0.169 e. The molecule has 0 N–H and O–H groups in total. The van der Waals surface area contributed by atoms with Crippen molar-refractivity contribution >= 4 is 17.6 Å². The largest absolute Gasteiger partial charge is 0.493 e. The van der Waals surface area contributed by atoms with Gasteiger partial charge in [0.05, 0.1) is 12.8 Å². The van der Waals surface area contributed by atoms with Crippen molar-refractivity contribution in [2.24, 2.45) is 4.99 Å². The molecule has 0 aromatic heterocycles. The van der Waals surface area contributed by atoms with Crippen LogP contribution in [0.3, 0.4) is 0 Å². The smallest absolute Gasteiger partial charge is 0.169 e. The van der Waals surface area contributed by atoms with Crippen LogP contribution in [0.1, 0.15) is 63.6 Å². The summed E-state index contributed by atoms with van der Waals surface area (Å²) < 4.78 is 11.3. The zero-order chi connectivity index (χ0) is 24.5. The molecule has 1 unspecified atom stereocenters. The normalized spacial score (nSPS) is 17.2. The molecule has 1 aliphatic heterocycles. The second-order valence-electron chi connectivity index (χ2n) is 10.2. The van der Waals surface area contributed by atoms with Gasteiger partial charge in [0.1, 0.15) is 5.75 Å². The highest BCUT2D eigenvalue weighted by atomic mass is 16.5. The molecule has 0 amide bonds. The Hall–Kier alpha value is -3.27. The molecular formula is C30H36N2O2. The van der Waals surface area contributed by atoms with Gasteiger partial charge in [-0.3, -0.25) is 4.99 Å². The zero-order valence-electron chi connectivity index (χ0n) is 21.4. The minimum Gasteiger partial charge on any atom is -0.493 e. The molecule has 0 bridgehead atoms. The lowest BCUT2D eigenvalue weighted by Gasteiger charge is -2.50. The maximum absolute atomic E-state index is 5.98. The quantitative estimate of drug-likeness (QED) is 0.352. The number of anilines is 1. The predicted molar refractivity (Wildman–Crippen MR) is 143 cm³/mol. The number of hydrogen-bond donors (Lipinski definition) is 0. The number of ether oxygens (including phenoxy) is 2. The van der Waals surface area contributed by atoms with Crippen molar-refractivity contribution in [2.75, 3.05) is 12.0 Å². The zero-order valence-corrected chi connectivity index (χ0v) is 21.4. The molecule has 1 heterocycles. The van der Waals surface area contributed by atoms with Gasteiger partial charge in [-0.2, -0.15) is 0 Å². The lowest BCUT2D eigenvalue weighted by molar-refractivity contribution is 0.356. The van der Waals surface area contributed by atoms with E-state index in [1.54, 1.807) is 7.11 Å². The molecule has 3 aromatic carbocycles. The summed E-state index contributed by atoms with van der Waals surface area (Å²) in [4.78, 5) is 7.34. The monoisotopic (exact) mass is 456 g/mol. The number of fused-ring (bicyclic) bond motifs is 1. The third-order valence-corrected chi connectivity index (χ3v) is 6.67. The van der Waals surface area contributed by atoms with Crippen LogP contribution in [0.2, 0.25) is 0 Å². The fraction of sp³-hybridized carbons (Fsp3) is 0.367. The van der Waals surface area contributed by atoms with E-state index in [2.05, 4.69) is 58.6 Å². The summed E-state index contributed by atoms with van der Waals surface area (Å²) in [5, 5.41) is 0. The molecule has 1 atom stereocenters. The fourth-order valence-corrected chi connectivity index (χ4v) is 5.30. The van der Waals surface area contributed by atoms with Gasteiger partial charge in [0.2, 0.25) is 0 Å². The van der Waals surface area contributed by atoms with E-state index < -0.39 is 0 Å². The van der Waals surface area contributed by atoms with Gasteiger partial charge in [-0.25, -0.2) is 0 Å². The van der Waals surface area contributed by atoms with Gasteiger partial charge >= 0.3 is 0 Å². The molecule has 4 heteroatoms. The van der Waals surface area contributed by atoms with Crippen LogP contribution in [0.15, 0.2) is 65.7 Å². The highest BCUT2D eigenvalue weighted by Crippen LogP contribution is 2.45. The van der Waals surface area contributed by atoms with Gasteiger partial charge in [-0.05, 0) is 112 Å². The third-order valence-electron chi connectivity index (χ3n) is 6.67. The maximum atomic E-state index is 5.98. The summed E-state index contributed by atoms with van der Waals surface area (Å²) in [6.45, 7) is 13.8. The standard InChI is InChI=1S/C30H36N2O2/c1-20(2)32-27-16-21(3)23(17-26(27)22(4)18-30(32,5)6)19-31-24-12-14-25(15-13-24)34-29-11-9-8-10-28(29)33-7/h8-17,19-20,22H,18H2,1-7H3. The highest BCUT2D eigenvalue weighted by Gasteiger charge is 2.37. The summed E-state index contributed by atoms with van der Waals surface area (Å²) in [5.74, 6) is 2.66. The van der Waals surface area contributed by atoms with E-state index in [0.29, 0.717) is 23.5 Å². The Labute approximate surface area is 204 Å². The van der Waals surface area contributed by atoms with E-state index in [-0.39, 0.29) is 5.54 Å². The van der Waals surface area contributed by atoms with E-state index in [4.69, 9.17) is 14.5 Å². The molecule has 0 saturated carbocycles. The number of aliphatic imine (C=N–C) groups is 1. The highest BCUT2D eigenvalue weighted by molar-refractivity contribution is 5.86. The van der Waals surface area contributed by atoms with Crippen molar-refractivity contribution in [1.82, 2.24) is 0 Å². The van der Waals surface area contributed by atoms with Gasteiger partial charge in [0.15, 0.2) is 11.5 Å². The lowest BCUT2D eigenvalue weighted by Crippen LogP contribution is -2.51. The first-order chi connectivity index (χ1) is 16.2. The number of methoxy groups -OCH3 is 1. The molecule has 0 fully saturated rings. The van der Waals surface area contributed by atoms with Crippen molar-refractivity contribution in [3.8, 4) is 17.2 Å². The molecule has 4 rings (SSSR count). The number of para-hydroxylation sites is 2. The van der Waals surface area contributed by atoms with Crippen molar-refractivity contribution in [3.63, 3.8) is 0 Å². The molecule has 1 aliphatic rings. The topological polar surface area (TPSA) is 34.1 Å². The summed E-state index contributed by atoms with van der Waals surface area (Å²) in [7, 11) is 1.64. The van der Waals surface area contributed by atoms with E-state index in [0.717, 1.165) is 17.9 Å². The van der Waals surface area contributed by atoms with Crippen molar-refractivity contribution in [2.45, 2.75) is 65.5 Å². The Kier molecular flexibility index (Phi) is 6.70. The summed E-state index contributed by atoms with van der Waals surface area (Å²) >= 11 is 0. The van der Waals surface area contributed by atoms with E-state index in [9.17, 15) is 0 Å². The molecule has 4 nitrogen and oxygen atoms in total. The summed E-state index contributed by atoms with van der Waals surface area (Å²) in [6.07, 6.45) is 3.13. The molecule has 0 saturated heterocycles. The fourth-order valence-electron chi connectivity index (χ4n) is 5.30. The molecule has 34 heavy (non-hydrogen) atoms. The van der Waals surface area contributed by atoms with Crippen LogP contribution in [0.25, 0.3) is 0 Å². The molecule has 3 aromatic rings. The molecule has 0 aliphatic carbocycles. The van der Waals surface area contributed by atoms with Crippen molar-refractivity contribution in [3.05, 3.63) is 77.4 Å². The number of nitrogens with zero attached hydrogens (tertiary/aromatic N) is 2. The van der Waals surface area contributed by atoms with Crippen molar-refractivity contribution in [1.29, 1.82) is 0 Å². The number of hydrogen-bond acceptors (Lipinski definition) is 4. The van der Waals surface area contributed by atoms with Gasteiger partial charge in [0.25, 0.3) is 0 Å². The average molecular weight is 457 g/mol. The Morgan fingerprint density at radius 1 is 1.03 bits per heavy atom. The van der Waals surface area contributed by atoms with Crippen molar-refractivity contribution < 1.29 is 9.47 Å². The minimum atomic E-state index is 0.149. The molecular weight excluding hydrogens is 420 g/mol. The Morgan fingerprint density at radius 3 is 2.35 bits per heavy atom. The van der Waals surface area contributed by atoms with Gasteiger partial charge < -0.3 is 14.4 Å². The van der Waals surface area contributed by atoms with E-state index in [1.165, 1.54) is 22.4 Å². The Morgan fingerprint density at radius 2 is 1.71 bits per heavy atom. The van der Waals surface area contributed by atoms with Gasteiger partial charge in [-0.15, -0.1) is 0 Å². The predicted octanol–water partition coefficient (Wildman–Crippen LogP) is 8.05. The lowest BCUT2D eigenvalue weighted by atomic mass is 9.78. The van der Waals surface area contributed by atoms with Gasteiger partial charge in [-0.1, -0.05) is 19.1 Å². The SMILES string of the molecule is COc1ccccc1Oc1ccc(N=Cc2cc3c(cc2C)N(C(C)C)C(C)(C)CC3C)cc1. The average Bonchev–Trinajstić information content (AvgIpc) is 2.78. The number of aryl methyl sites for hydroxylation is 1. The van der Waals surface area contributed by atoms with E-state index in [1.807, 2.05) is 54.7 Å². The van der Waals surface area contributed by atoms with Crippen LogP contribution < -0.4 is 14.4 Å². The van der Waals surface area contributed by atoms with Crippen LogP contribution in [-0.4, -0.2) is 24.9 Å². The second-order valence-corrected chi connectivity index (χ2v) is 10.2. The first-order valence-corrected chi connectivity index (χ1v) is 12.1. The second kappa shape index (κ2) is 9.54. The van der Waals surface area contributed by atoms with Gasteiger partial charge in [0, 0.05) is 23.5 Å². The molecule has 0 spiro atoms. The minimum absolute atomic E-state index is 0.149. The Balaban J connectivity index is 1.56. The van der Waals surface area contributed by atoms with Crippen LogP contribution in [-0.2, 0) is 0 Å². The van der Waals surface area contributed by atoms with Crippen LogP contribution in [0.4, 0.5) is 11.4 Å².